The number of carbonyl (C=O) groups excluding carboxylic acids is 3. The number of halogens is 1. The molecule has 0 spiro atoms. The molecule has 2 heterocycles. The molecule has 5 rings (SSSR count). The minimum Gasteiger partial charge on any atom is -0.448 e. The molecule has 37 heavy (non-hydrogen) atoms. The fourth-order valence-corrected chi connectivity index (χ4v) is 5.83. The zero-order valence-corrected chi connectivity index (χ0v) is 21.1. The summed E-state index contributed by atoms with van der Waals surface area (Å²) in [5.74, 6) is -1.23. The highest BCUT2D eigenvalue weighted by Crippen LogP contribution is 2.41. The van der Waals surface area contributed by atoms with E-state index in [1.54, 1.807) is 24.3 Å². The number of aliphatic hydroxyl groups is 1. The van der Waals surface area contributed by atoms with Crippen molar-refractivity contribution in [3.05, 3.63) is 118 Å². The van der Waals surface area contributed by atoms with Crippen LogP contribution >= 0.6 is 23.4 Å². The number of rotatable bonds is 7. The lowest BCUT2D eigenvalue weighted by molar-refractivity contribution is -0.153. The van der Waals surface area contributed by atoms with Gasteiger partial charge in [-0.05, 0) is 41.0 Å². The monoisotopic (exact) mass is 534 g/mol. The molecule has 7 nitrogen and oxygen atoms in total. The quantitative estimate of drug-likeness (QED) is 0.352. The van der Waals surface area contributed by atoms with Gasteiger partial charge >= 0.3 is 5.97 Å². The fraction of sp³-hybridized carbons (Fsp3) is 0.179. The first-order valence-corrected chi connectivity index (χ1v) is 13.1. The smallest absolute Gasteiger partial charge is 0.356 e. The summed E-state index contributed by atoms with van der Waals surface area (Å²) < 4.78 is 5.98. The largest absolute Gasteiger partial charge is 0.448 e. The maximum Gasteiger partial charge on any atom is 0.356 e. The van der Waals surface area contributed by atoms with Crippen LogP contribution in [0.2, 0.25) is 5.02 Å². The van der Waals surface area contributed by atoms with Crippen molar-refractivity contribution in [2.75, 3.05) is 12.4 Å². The number of benzene rings is 3. The van der Waals surface area contributed by atoms with Gasteiger partial charge in [-0.25, -0.2) is 4.79 Å². The van der Waals surface area contributed by atoms with E-state index in [0.29, 0.717) is 21.9 Å². The molecule has 2 aliphatic rings. The molecule has 1 saturated heterocycles. The molecule has 2 aliphatic heterocycles. The predicted molar refractivity (Wildman–Crippen MR) is 141 cm³/mol. The third-order valence-electron chi connectivity index (χ3n) is 6.25. The number of ether oxygens (including phenoxy) is 1. The third-order valence-corrected chi connectivity index (χ3v) is 7.85. The number of aliphatic hydroxyl groups excluding tert-OH is 1. The van der Waals surface area contributed by atoms with E-state index in [1.807, 2.05) is 60.7 Å². The number of carbonyl (C=O) groups is 3. The standard InChI is InChI=1S/C28H23ClN2O5S/c29-21-13-11-19(12-14-21)25(33)30-22-26(34)31-23(20(15-32)16-37-27(22)31)28(35)36-24(17-7-3-1-4-8-17)18-9-5-2-6-10-18/h1-14,22,24,27,32H,15-16H2,(H,30,33)/t22?,27-/m1/s1. The van der Waals surface area contributed by atoms with Crippen LogP contribution in [0.5, 0.6) is 0 Å². The van der Waals surface area contributed by atoms with Gasteiger partial charge < -0.3 is 15.2 Å². The van der Waals surface area contributed by atoms with Crippen molar-refractivity contribution in [1.82, 2.24) is 10.2 Å². The molecule has 2 atom stereocenters. The number of fused-ring (bicyclic) bond motifs is 1. The molecule has 0 aromatic heterocycles. The molecular formula is C28H23ClN2O5S. The molecule has 3 aromatic carbocycles. The van der Waals surface area contributed by atoms with Gasteiger partial charge in [0.15, 0.2) is 6.10 Å². The van der Waals surface area contributed by atoms with Crippen LogP contribution in [0.25, 0.3) is 0 Å². The Morgan fingerprint density at radius 2 is 1.59 bits per heavy atom. The number of amides is 2. The van der Waals surface area contributed by atoms with Gasteiger partial charge in [0.1, 0.15) is 17.1 Å². The molecule has 0 radical (unpaired) electrons. The lowest BCUT2D eigenvalue weighted by Crippen LogP contribution is -2.70. The van der Waals surface area contributed by atoms with E-state index in [-0.39, 0.29) is 5.70 Å². The van der Waals surface area contributed by atoms with Gasteiger partial charge in [0.2, 0.25) is 0 Å². The molecule has 9 heteroatoms. The Labute approximate surface area is 223 Å². The molecule has 0 bridgehead atoms. The van der Waals surface area contributed by atoms with Crippen molar-refractivity contribution in [2.24, 2.45) is 0 Å². The van der Waals surface area contributed by atoms with Gasteiger partial charge in [-0.15, -0.1) is 11.8 Å². The Hall–Kier alpha value is -3.59. The predicted octanol–water partition coefficient (Wildman–Crippen LogP) is 3.93. The van der Waals surface area contributed by atoms with Crippen molar-refractivity contribution >= 4 is 41.1 Å². The lowest BCUT2D eigenvalue weighted by atomic mass is 10.0. The molecule has 2 amide bonds. The van der Waals surface area contributed by atoms with Crippen LogP contribution in [0.1, 0.15) is 27.6 Å². The maximum atomic E-state index is 13.5. The van der Waals surface area contributed by atoms with Gasteiger partial charge in [0, 0.05) is 16.3 Å². The molecule has 0 saturated carbocycles. The zero-order chi connectivity index (χ0) is 25.9. The summed E-state index contributed by atoms with van der Waals surface area (Å²) in [6.07, 6.45) is -0.702. The summed E-state index contributed by atoms with van der Waals surface area (Å²) in [6, 6.07) is 24.2. The molecule has 1 unspecified atom stereocenters. The second-order valence-corrected chi connectivity index (χ2v) is 10.1. The number of nitrogens with zero attached hydrogens (tertiary/aromatic N) is 1. The first-order chi connectivity index (χ1) is 18.0. The SMILES string of the molecule is O=C(OC(c1ccccc1)c1ccccc1)C1=C(CO)CS[C@@H]2C(NC(=O)c3ccc(Cl)cc3)C(=O)N12. The van der Waals surface area contributed by atoms with E-state index in [2.05, 4.69) is 5.32 Å². The Morgan fingerprint density at radius 3 is 2.16 bits per heavy atom. The van der Waals surface area contributed by atoms with Crippen LogP contribution in [0.15, 0.2) is 96.2 Å². The van der Waals surface area contributed by atoms with E-state index < -0.39 is 41.9 Å². The van der Waals surface area contributed by atoms with Crippen LogP contribution < -0.4 is 5.32 Å². The van der Waals surface area contributed by atoms with Crippen LogP contribution in [-0.4, -0.2) is 51.6 Å². The van der Waals surface area contributed by atoms with E-state index >= 15 is 0 Å². The van der Waals surface area contributed by atoms with Gasteiger partial charge in [-0.1, -0.05) is 72.3 Å². The fourth-order valence-electron chi connectivity index (χ4n) is 4.37. The summed E-state index contributed by atoms with van der Waals surface area (Å²) >= 11 is 7.27. The highest BCUT2D eigenvalue weighted by molar-refractivity contribution is 8.00. The molecule has 1 fully saturated rings. The third kappa shape index (κ3) is 5.00. The zero-order valence-electron chi connectivity index (χ0n) is 19.5. The first-order valence-electron chi connectivity index (χ1n) is 11.6. The second-order valence-electron chi connectivity index (χ2n) is 8.58. The highest BCUT2D eigenvalue weighted by Gasteiger charge is 2.54. The average Bonchev–Trinajstić information content (AvgIpc) is 2.94. The Kier molecular flexibility index (Phi) is 7.32. The summed E-state index contributed by atoms with van der Waals surface area (Å²) in [5.41, 5.74) is 2.36. The van der Waals surface area contributed by atoms with Gasteiger partial charge in [0.05, 0.1) is 6.61 Å². The minimum absolute atomic E-state index is 0.0325. The molecule has 2 N–H and O–H groups in total. The summed E-state index contributed by atoms with van der Waals surface area (Å²) in [4.78, 5) is 40.7. The normalized spacial score (nSPS) is 18.8. The summed E-state index contributed by atoms with van der Waals surface area (Å²) in [5, 5.41) is 12.7. The van der Waals surface area contributed by atoms with Crippen molar-refractivity contribution in [3.8, 4) is 0 Å². The lowest BCUT2D eigenvalue weighted by Gasteiger charge is -2.49. The Bertz CT molecular complexity index is 1310. The van der Waals surface area contributed by atoms with Crippen LogP contribution in [0.3, 0.4) is 0 Å². The van der Waals surface area contributed by atoms with E-state index in [1.165, 1.54) is 16.7 Å². The average molecular weight is 535 g/mol. The summed E-state index contributed by atoms with van der Waals surface area (Å²) in [7, 11) is 0. The maximum absolute atomic E-state index is 13.5. The van der Waals surface area contributed by atoms with Crippen molar-refractivity contribution in [1.29, 1.82) is 0 Å². The number of β-lactam (4-membered cyclic amide) rings is 1. The second kappa shape index (κ2) is 10.8. The van der Waals surface area contributed by atoms with Gasteiger partial charge in [-0.2, -0.15) is 0 Å². The van der Waals surface area contributed by atoms with E-state index in [9.17, 15) is 19.5 Å². The topological polar surface area (TPSA) is 95.9 Å². The number of thioether (sulfide) groups is 1. The first kappa shape index (κ1) is 25.1. The molecule has 0 aliphatic carbocycles. The van der Waals surface area contributed by atoms with Crippen LogP contribution in [0.4, 0.5) is 0 Å². The number of nitrogens with one attached hydrogen (secondary N) is 1. The van der Waals surface area contributed by atoms with Crippen LogP contribution in [-0.2, 0) is 14.3 Å². The number of hydrogen-bond donors (Lipinski definition) is 2. The molecular weight excluding hydrogens is 512 g/mol. The van der Waals surface area contributed by atoms with Crippen molar-refractivity contribution < 1.29 is 24.2 Å². The highest BCUT2D eigenvalue weighted by atomic mass is 35.5. The molecule has 3 aromatic rings. The van der Waals surface area contributed by atoms with Gasteiger partial charge in [-0.3, -0.25) is 14.5 Å². The minimum atomic E-state index is -0.810. The van der Waals surface area contributed by atoms with E-state index in [0.717, 1.165) is 11.1 Å². The Balaban J connectivity index is 1.38. The Morgan fingerprint density at radius 1 is 1.00 bits per heavy atom. The van der Waals surface area contributed by atoms with Crippen molar-refractivity contribution in [2.45, 2.75) is 17.5 Å². The number of hydrogen-bond acceptors (Lipinski definition) is 6. The van der Waals surface area contributed by atoms with Crippen molar-refractivity contribution in [3.63, 3.8) is 0 Å². The number of esters is 1. The van der Waals surface area contributed by atoms with Crippen LogP contribution in [0, 0.1) is 0 Å². The molecule has 188 valence electrons. The summed E-state index contributed by atoms with van der Waals surface area (Å²) in [6.45, 7) is -0.392. The van der Waals surface area contributed by atoms with E-state index in [4.69, 9.17) is 16.3 Å². The van der Waals surface area contributed by atoms with Gasteiger partial charge in [0.25, 0.3) is 11.8 Å².